The second-order valence-corrected chi connectivity index (χ2v) is 4.88. The monoisotopic (exact) mass is 297 g/mol. The number of nitrogens with one attached hydrogen (secondary N) is 1. The van der Waals surface area contributed by atoms with Crippen LogP contribution in [0.15, 0.2) is 12.3 Å². The SMILES string of the molecule is Cc1cnc(CNc2cc(Cl)nc(N)n2)c(C)c1Cl. The van der Waals surface area contributed by atoms with Gasteiger partial charge in [0.2, 0.25) is 5.95 Å². The molecule has 0 aliphatic heterocycles. The summed E-state index contributed by atoms with van der Waals surface area (Å²) in [6.07, 6.45) is 1.74. The average Bonchev–Trinajstić information content (AvgIpc) is 2.34. The molecule has 100 valence electrons. The number of hydrogen-bond donors (Lipinski definition) is 2. The highest BCUT2D eigenvalue weighted by atomic mass is 35.5. The number of halogens is 2. The predicted molar refractivity (Wildman–Crippen MR) is 77.5 cm³/mol. The van der Waals surface area contributed by atoms with Crippen LogP contribution in [-0.4, -0.2) is 15.0 Å². The van der Waals surface area contributed by atoms with Crippen LogP contribution in [0.25, 0.3) is 0 Å². The fraction of sp³-hybridized carbons (Fsp3) is 0.250. The van der Waals surface area contributed by atoms with E-state index in [-0.39, 0.29) is 5.95 Å². The molecule has 5 nitrogen and oxygen atoms in total. The number of aromatic nitrogens is 3. The number of anilines is 2. The van der Waals surface area contributed by atoms with E-state index in [1.807, 2.05) is 13.8 Å². The number of aryl methyl sites for hydroxylation is 1. The van der Waals surface area contributed by atoms with E-state index in [9.17, 15) is 0 Å². The van der Waals surface area contributed by atoms with Crippen molar-refractivity contribution in [1.82, 2.24) is 15.0 Å². The molecule has 0 fully saturated rings. The van der Waals surface area contributed by atoms with E-state index >= 15 is 0 Å². The van der Waals surface area contributed by atoms with E-state index in [1.165, 1.54) is 0 Å². The highest BCUT2D eigenvalue weighted by molar-refractivity contribution is 6.32. The van der Waals surface area contributed by atoms with Crippen LogP contribution in [0.4, 0.5) is 11.8 Å². The molecule has 0 aliphatic carbocycles. The summed E-state index contributed by atoms with van der Waals surface area (Å²) in [7, 11) is 0. The fourth-order valence-corrected chi connectivity index (χ4v) is 1.98. The lowest BCUT2D eigenvalue weighted by Crippen LogP contribution is -2.07. The van der Waals surface area contributed by atoms with Gasteiger partial charge in [-0.15, -0.1) is 0 Å². The van der Waals surface area contributed by atoms with Gasteiger partial charge in [0.15, 0.2) is 0 Å². The topological polar surface area (TPSA) is 76.7 Å². The van der Waals surface area contributed by atoms with Crippen LogP contribution < -0.4 is 11.1 Å². The summed E-state index contributed by atoms with van der Waals surface area (Å²) < 4.78 is 0. The van der Waals surface area contributed by atoms with Crippen molar-refractivity contribution in [3.63, 3.8) is 0 Å². The maximum atomic E-state index is 6.18. The molecule has 7 heteroatoms. The Bertz CT molecular complexity index is 595. The molecule has 2 rings (SSSR count). The third-order valence-electron chi connectivity index (χ3n) is 2.67. The van der Waals surface area contributed by atoms with Gasteiger partial charge in [-0.1, -0.05) is 23.2 Å². The minimum Gasteiger partial charge on any atom is -0.368 e. The Balaban J connectivity index is 2.17. The van der Waals surface area contributed by atoms with Gasteiger partial charge >= 0.3 is 0 Å². The number of nitrogen functional groups attached to an aromatic ring is 1. The largest absolute Gasteiger partial charge is 0.368 e. The molecular formula is C12H13Cl2N5. The lowest BCUT2D eigenvalue weighted by molar-refractivity contribution is 0.993. The van der Waals surface area contributed by atoms with E-state index in [0.717, 1.165) is 21.8 Å². The maximum absolute atomic E-state index is 6.18. The smallest absolute Gasteiger partial charge is 0.223 e. The Morgan fingerprint density at radius 2 is 2.00 bits per heavy atom. The zero-order valence-corrected chi connectivity index (χ0v) is 12.0. The molecule has 0 spiro atoms. The molecule has 0 bridgehead atoms. The molecule has 2 aromatic rings. The van der Waals surface area contributed by atoms with Crippen LogP contribution >= 0.6 is 23.2 Å². The van der Waals surface area contributed by atoms with Crippen molar-refractivity contribution in [3.05, 3.63) is 39.3 Å². The molecule has 0 amide bonds. The van der Waals surface area contributed by atoms with Gasteiger partial charge < -0.3 is 11.1 Å². The van der Waals surface area contributed by atoms with Gasteiger partial charge in [-0.05, 0) is 25.0 Å². The first-order chi connectivity index (χ1) is 8.97. The van der Waals surface area contributed by atoms with Gasteiger partial charge in [-0.25, -0.2) is 4.98 Å². The summed E-state index contributed by atoms with van der Waals surface area (Å²) in [4.78, 5) is 12.2. The van der Waals surface area contributed by atoms with Crippen molar-refractivity contribution in [2.24, 2.45) is 0 Å². The number of hydrogen-bond acceptors (Lipinski definition) is 5. The van der Waals surface area contributed by atoms with Crippen molar-refractivity contribution < 1.29 is 0 Å². The fourth-order valence-electron chi connectivity index (χ4n) is 1.63. The summed E-state index contributed by atoms with van der Waals surface area (Å²) >= 11 is 12.0. The highest BCUT2D eigenvalue weighted by Crippen LogP contribution is 2.22. The van der Waals surface area contributed by atoms with Crippen LogP contribution in [0.2, 0.25) is 10.2 Å². The van der Waals surface area contributed by atoms with Crippen LogP contribution in [0.3, 0.4) is 0 Å². The normalized spacial score (nSPS) is 10.5. The standard InChI is InChI=1S/C12H13Cl2N5/c1-6-4-16-8(7(2)11(6)14)5-17-10-3-9(13)18-12(15)19-10/h3-4H,5H2,1-2H3,(H3,15,17,18,19). The maximum Gasteiger partial charge on any atom is 0.223 e. The Morgan fingerprint density at radius 1 is 1.26 bits per heavy atom. The summed E-state index contributed by atoms with van der Waals surface area (Å²) in [5, 5.41) is 4.12. The minimum absolute atomic E-state index is 0.126. The van der Waals surface area contributed by atoms with Gasteiger partial charge in [0.1, 0.15) is 11.0 Å². The summed E-state index contributed by atoms with van der Waals surface area (Å²) in [5.41, 5.74) is 8.27. The highest BCUT2D eigenvalue weighted by Gasteiger charge is 2.07. The van der Waals surface area contributed by atoms with Gasteiger partial charge in [0.05, 0.1) is 12.2 Å². The molecule has 0 saturated carbocycles. The first kappa shape index (κ1) is 13.8. The molecule has 0 atom stereocenters. The number of nitrogens with two attached hydrogens (primary N) is 1. The van der Waals surface area contributed by atoms with Crippen LogP contribution in [0, 0.1) is 13.8 Å². The second-order valence-electron chi connectivity index (χ2n) is 4.11. The zero-order chi connectivity index (χ0) is 14.0. The van der Waals surface area contributed by atoms with Crippen molar-refractivity contribution in [1.29, 1.82) is 0 Å². The molecule has 0 radical (unpaired) electrons. The first-order valence-corrected chi connectivity index (χ1v) is 6.37. The summed E-state index contributed by atoms with van der Waals surface area (Å²) in [5.74, 6) is 0.678. The summed E-state index contributed by atoms with van der Waals surface area (Å²) in [6, 6.07) is 1.60. The van der Waals surface area contributed by atoms with Gasteiger partial charge in [0.25, 0.3) is 0 Å². The van der Waals surface area contributed by atoms with E-state index < -0.39 is 0 Å². The third-order valence-corrected chi connectivity index (χ3v) is 3.45. The van der Waals surface area contributed by atoms with Gasteiger partial charge in [-0.3, -0.25) is 4.98 Å². The molecule has 0 saturated heterocycles. The Hall–Kier alpha value is -1.59. The van der Waals surface area contributed by atoms with E-state index in [2.05, 4.69) is 20.3 Å². The van der Waals surface area contributed by atoms with Crippen LogP contribution in [0.1, 0.15) is 16.8 Å². The van der Waals surface area contributed by atoms with Gasteiger partial charge in [-0.2, -0.15) is 4.98 Å². The number of nitrogens with zero attached hydrogens (tertiary/aromatic N) is 3. The zero-order valence-electron chi connectivity index (χ0n) is 10.5. The Morgan fingerprint density at radius 3 is 2.68 bits per heavy atom. The average molecular weight is 298 g/mol. The molecule has 0 unspecified atom stereocenters. The third kappa shape index (κ3) is 3.24. The first-order valence-electron chi connectivity index (χ1n) is 5.62. The molecule has 2 aromatic heterocycles. The van der Waals surface area contributed by atoms with Gasteiger partial charge in [0, 0.05) is 17.3 Å². The molecule has 0 aromatic carbocycles. The number of pyridine rings is 1. The van der Waals surface area contributed by atoms with Crippen molar-refractivity contribution in [3.8, 4) is 0 Å². The van der Waals surface area contributed by atoms with E-state index in [4.69, 9.17) is 28.9 Å². The molecule has 2 heterocycles. The predicted octanol–water partition coefficient (Wildman–Crippen LogP) is 2.99. The molecule has 19 heavy (non-hydrogen) atoms. The quantitative estimate of drug-likeness (QED) is 0.852. The second kappa shape index (κ2) is 5.59. The van der Waals surface area contributed by atoms with Crippen LogP contribution in [0.5, 0.6) is 0 Å². The van der Waals surface area contributed by atoms with Crippen molar-refractivity contribution in [2.75, 3.05) is 11.1 Å². The number of rotatable bonds is 3. The molecular weight excluding hydrogens is 285 g/mol. The Kier molecular flexibility index (Phi) is 4.07. The lowest BCUT2D eigenvalue weighted by atomic mass is 10.1. The van der Waals surface area contributed by atoms with E-state index in [0.29, 0.717) is 17.5 Å². The van der Waals surface area contributed by atoms with E-state index in [1.54, 1.807) is 12.3 Å². The van der Waals surface area contributed by atoms with Crippen LogP contribution in [-0.2, 0) is 6.54 Å². The van der Waals surface area contributed by atoms with Crippen molar-refractivity contribution >= 4 is 35.0 Å². The molecule has 3 N–H and O–H groups in total. The molecule has 0 aliphatic rings. The lowest BCUT2D eigenvalue weighted by Gasteiger charge is -2.10. The Labute approximate surface area is 121 Å². The summed E-state index contributed by atoms with van der Waals surface area (Å²) in [6.45, 7) is 4.34. The minimum atomic E-state index is 0.126. The van der Waals surface area contributed by atoms with Crippen molar-refractivity contribution in [2.45, 2.75) is 20.4 Å².